The van der Waals surface area contributed by atoms with Crippen LogP contribution in [0, 0.1) is 6.92 Å². The van der Waals surface area contributed by atoms with Crippen LogP contribution in [0.1, 0.15) is 11.1 Å². The molecule has 7 heteroatoms. The van der Waals surface area contributed by atoms with Crippen molar-refractivity contribution < 1.29 is 13.2 Å². The van der Waals surface area contributed by atoms with Gasteiger partial charge in [0.1, 0.15) is 5.17 Å². The Morgan fingerprint density at radius 2 is 1.88 bits per heavy atom. The smallest absolute Gasteiger partial charge is 0.379 e. The molecule has 1 aliphatic rings. The van der Waals surface area contributed by atoms with Crippen LogP contribution in [0.5, 0.6) is 0 Å². The zero-order valence-corrected chi connectivity index (χ0v) is 14.3. The fourth-order valence-electron chi connectivity index (χ4n) is 2.69. The Morgan fingerprint density at radius 3 is 2.46 bits per heavy atom. The number of rotatable bonds is 2. The summed E-state index contributed by atoms with van der Waals surface area (Å²) in [6.07, 6.45) is -2.97. The average Bonchev–Trinajstić information content (AvgIpc) is 2.93. The van der Waals surface area contributed by atoms with E-state index in [9.17, 15) is 13.2 Å². The summed E-state index contributed by atoms with van der Waals surface area (Å²) < 4.78 is 41.1. The number of thiol groups is 1. The van der Waals surface area contributed by atoms with E-state index in [4.69, 9.17) is 17.3 Å². The number of amidine groups is 1. The highest BCUT2D eigenvalue weighted by atomic mass is 35.5. The first-order valence-electron chi connectivity index (χ1n) is 7.05. The van der Waals surface area contributed by atoms with Gasteiger partial charge in [0.25, 0.3) is 0 Å². The minimum atomic E-state index is -4.50. The molecule has 2 N–H and O–H groups in total. The number of hydrogen-bond acceptors (Lipinski definition) is 2. The first-order chi connectivity index (χ1) is 11.3. The number of hydrogen-bond donors (Lipinski definition) is 2. The van der Waals surface area contributed by atoms with E-state index in [1.165, 1.54) is 6.20 Å². The van der Waals surface area contributed by atoms with Crippen molar-refractivity contribution in [2.75, 3.05) is 0 Å². The van der Waals surface area contributed by atoms with Gasteiger partial charge < -0.3 is 5.73 Å². The molecule has 0 fully saturated rings. The predicted molar refractivity (Wildman–Crippen MR) is 94.6 cm³/mol. The van der Waals surface area contributed by atoms with Crippen LogP contribution < -0.4 is 5.73 Å². The molecule has 1 heterocycles. The van der Waals surface area contributed by atoms with Gasteiger partial charge >= 0.3 is 6.18 Å². The largest absolute Gasteiger partial charge is 0.417 e. The van der Waals surface area contributed by atoms with Gasteiger partial charge in [-0.15, -0.1) is 10.9 Å². The second kappa shape index (κ2) is 6.18. The minimum Gasteiger partial charge on any atom is -0.379 e. The van der Waals surface area contributed by atoms with E-state index >= 15 is 0 Å². The van der Waals surface area contributed by atoms with E-state index in [1.54, 1.807) is 42.7 Å². The molecule has 0 amide bonds. The van der Waals surface area contributed by atoms with E-state index in [-0.39, 0.29) is 10.6 Å². The lowest BCUT2D eigenvalue weighted by atomic mass is 9.94. The van der Waals surface area contributed by atoms with Gasteiger partial charge in [-0.05, 0) is 46.6 Å². The Labute approximate surface area is 145 Å². The maximum atomic E-state index is 13.7. The van der Waals surface area contributed by atoms with Gasteiger partial charge in [0.05, 0.1) is 5.56 Å². The van der Waals surface area contributed by atoms with Crippen LogP contribution in [-0.2, 0) is 6.18 Å². The molecule has 2 aromatic carbocycles. The molecule has 24 heavy (non-hydrogen) atoms. The molecule has 0 aliphatic carbocycles. The highest BCUT2D eigenvalue weighted by Gasteiger charge is 2.36. The van der Waals surface area contributed by atoms with Crippen LogP contribution in [0.25, 0.3) is 11.1 Å². The van der Waals surface area contributed by atoms with Crippen molar-refractivity contribution in [1.82, 2.24) is 0 Å². The predicted octanol–water partition coefficient (Wildman–Crippen LogP) is 5.49. The standard InChI is InChI=1S/C17H14ClF3N2S/c1-10-8-11(24-7-6-23-16(24)22)9-13(17(19,20)21)15(10)12-4-2-3-5-14(12)18/h2-9,24H,1H3,(H2,22,23). The number of halogens is 4. The van der Waals surface area contributed by atoms with E-state index in [0.717, 1.165) is 6.07 Å². The van der Waals surface area contributed by atoms with Gasteiger partial charge in [-0.2, -0.15) is 13.2 Å². The van der Waals surface area contributed by atoms with E-state index in [0.29, 0.717) is 21.2 Å². The first-order valence-corrected chi connectivity index (χ1v) is 8.84. The second-order valence-electron chi connectivity index (χ2n) is 5.32. The van der Waals surface area contributed by atoms with Crippen molar-refractivity contribution >= 4 is 27.7 Å². The Bertz CT molecular complexity index is 859. The number of benzene rings is 2. The van der Waals surface area contributed by atoms with Crippen LogP contribution in [0.3, 0.4) is 0 Å². The molecule has 1 unspecified atom stereocenters. The first kappa shape index (κ1) is 16.9. The second-order valence-corrected chi connectivity index (χ2v) is 7.74. The third-order valence-corrected chi connectivity index (χ3v) is 5.90. The number of nitrogens with two attached hydrogens (primary N) is 1. The van der Waals surface area contributed by atoms with E-state index < -0.39 is 22.6 Å². The minimum absolute atomic E-state index is 0.102. The van der Waals surface area contributed by atoms with Gasteiger partial charge in [0, 0.05) is 16.8 Å². The molecule has 0 spiro atoms. The SMILES string of the molecule is Cc1cc([SH]2C=CN=C2N)cc(C(F)(F)F)c1-c1ccccc1Cl. The normalized spacial score (nSPS) is 18.7. The molecule has 1 atom stereocenters. The maximum Gasteiger partial charge on any atom is 0.417 e. The molecule has 0 bridgehead atoms. The molecule has 3 rings (SSSR count). The summed E-state index contributed by atoms with van der Waals surface area (Å²) in [5, 5.41) is 2.38. The highest BCUT2D eigenvalue weighted by molar-refractivity contribution is 8.32. The summed E-state index contributed by atoms with van der Waals surface area (Å²) >= 11 is 6.13. The Morgan fingerprint density at radius 1 is 1.17 bits per heavy atom. The quantitative estimate of drug-likeness (QED) is 0.673. The zero-order valence-electron chi connectivity index (χ0n) is 12.6. The fourth-order valence-corrected chi connectivity index (χ4v) is 4.50. The number of alkyl halides is 3. The third-order valence-electron chi connectivity index (χ3n) is 3.72. The van der Waals surface area contributed by atoms with E-state index in [1.807, 2.05) is 0 Å². The van der Waals surface area contributed by atoms with Gasteiger partial charge in [-0.1, -0.05) is 29.8 Å². The molecule has 2 aromatic rings. The lowest BCUT2D eigenvalue weighted by Crippen LogP contribution is -2.12. The van der Waals surface area contributed by atoms with E-state index in [2.05, 4.69) is 4.99 Å². The topological polar surface area (TPSA) is 38.4 Å². The fraction of sp³-hybridized carbons (Fsp3) is 0.118. The molecular weight excluding hydrogens is 357 g/mol. The summed E-state index contributed by atoms with van der Waals surface area (Å²) in [6, 6.07) is 9.43. The Hall–Kier alpha value is -1.92. The molecular formula is C17H14ClF3N2S. The zero-order chi connectivity index (χ0) is 17.5. The van der Waals surface area contributed by atoms with Crippen LogP contribution in [0.2, 0.25) is 5.02 Å². The summed E-state index contributed by atoms with van der Waals surface area (Å²) in [7, 11) is -1.16. The summed E-state index contributed by atoms with van der Waals surface area (Å²) in [6.45, 7) is 1.65. The van der Waals surface area contributed by atoms with Crippen molar-refractivity contribution in [2.45, 2.75) is 18.0 Å². The summed E-state index contributed by atoms with van der Waals surface area (Å²) in [5.74, 6) is 0. The summed E-state index contributed by atoms with van der Waals surface area (Å²) in [5.41, 5.74) is 6.07. The number of aryl methyl sites for hydroxylation is 1. The molecule has 0 saturated carbocycles. The Balaban J connectivity index is 2.25. The van der Waals surface area contributed by atoms with Crippen LogP contribution in [0.15, 0.2) is 57.9 Å². The van der Waals surface area contributed by atoms with Gasteiger partial charge in [0.2, 0.25) is 0 Å². The van der Waals surface area contributed by atoms with Gasteiger partial charge in [-0.25, -0.2) is 4.99 Å². The molecule has 0 radical (unpaired) electrons. The molecule has 1 aliphatic heterocycles. The van der Waals surface area contributed by atoms with Crippen LogP contribution in [0.4, 0.5) is 13.2 Å². The Kier molecular flexibility index (Phi) is 4.36. The van der Waals surface area contributed by atoms with Crippen LogP contribution >= 0.6 is 22.5 Å². The monoisotopic (exact) mass is 370 g/mol. The molecule has 126 valence electrons. The third kappa shape index (κ3) is 3.03. The van der Waals surface area contributed by atoms with Gasteiger partial charge in [0.15, 0.2) is 0 Å². The van der Waals surface area contributed by atoms with Crippen molar-refractivity contribution in [3.05, 3.63) is 64.2 Å². The average molecular weight is 371 g/mol. The lowest BCUT2D eigenvalue weighted by molar-refractivity contribution is -0.137. The van der Waals surface area contributed by atoms with Crippen molar-refractivity contribution in [3.63, 3.8) is 0 Å². The van der Waals surface area contributed by atoms with Gasteiger partial charge in [-0.3, -0.25) is 0 Å². The molecule has 2 nitrogen and oxygen atoms in total. The number of aliphatic imine (C=N–C) groups is 1. The number of nitrogens with zero attached hydrogens (tertiary/aromatic N) is 1. The van der Waals surface area contributed by atoms with Crippen LogP contribution in [-0.4, -0.2) is 5.17 Å². The van der Waals surface area contributed by atoms with Crippen molar-refractivity contribution in [3.8, 4) is 11.1 Å². The molecule has 0 saturated heterocycles. The summed E-state index contributed by atoms with van der Waals surface area (Å²) in [4.78, 5) is 4.48. The maximum absolute atomic E-state index is 13.7. The van der Waals surface area contributed by atoms with Crippen molar-refractivity contribution in [1.29, 1.82) is 0 Å². The van der Waals surface area contributed by atoms with Crippen molar-refractivity contribution in [2.24, 2.45) is 10.7 Å². The lowest BCUT2D eigenvalue weighted by Gasteiger charge is -2.21. The highest BCUT2D eigenvalue weighted by Crippen LogP contribution is 2.47. The molecule has 0 aromatic heterocycles.